The molecular formula is C28H28N4O3. The van der Waals surface area contributed by atoms with E-state index in [-0.39, 0.29) is 11.8 Å². The van der Waals surface area contributed by atoms with Gasteiger partial charge < -0.3 is 14.6 Å². The van der Waals surface area contributed by atoms with Crippen molar-refractivity contribution in [2.24, 2.45) is 5.92 Å². The van der Waals surface area contributed by atoms with Crippen molar-refractivity contribution < 1.29 is 14.1 Å². The molecule has 1 fully saturated rings. The molecule has 178 valence electrons. The van der Waals surface area contributed by atoms with E-state index in [1.165, 1.54) is 0 Å². The number of hydrogen-bond acceptors (Lipinski definition) is 6. The summed E-state index contributed by atoms with van der Waals surface area (Å²) in [6, 6.07) is 25.6. The van der Waals surface area contributed by atoms with Crippen LogP contribution in [-0.4, -0.2) is 41.1 Å². The fraction of sp³-hybridized carbons (Fsp3) is 0.250. The number of carbonyl (C=O) groups excluding carboxylic acids is 1. The highest BCUT2D eigenvalue weighted by molar-refractivity contribution is 5.97. The van der Waals surface area contributed by atoms with E-state index >= 15 is 0 Å². The lowest BCUT2D eigenvalue weighted by molar-refractivity contribution is -0.121. The second-order valence-electron chi connectivity index (χ2n) is 8.72. The molecule has 7 heteroatoms. The molecular weight excluding hydrogens is 440 g/mol. The lowest BCUT2D eigenvalue weighted by atomic mass is 9.96. The largest absolute Gasteiger partial charge is 0.497 e. The van der Waals surface area contributed by atoms with Crippen molar-refractivity contribution in [3.05, 3.63) is 84.8 Å². The van der Waals surface area contributed by atoms with Crippen LogP contribution in [0, 0.1) is 5.92 Å². The van der Waals surface area contributed by atoms with E-state index in [4.69, 9.17) is 9.26 Å². The van der Waals surface area contributed by atoms with E-state index in [0.29, 0.717) is 24.8 Å². The second kappa shape index (κ2) is 10.5. The normalized spacial score (nSPS) is 16.1. The Hall–Kier alpha value is -3.97. The third-order valence-electron chi connectivity index (χ3n) is 6.32. The number of amides is 1. The Labute approximate surface area is 204 Å². The van der Waals surface area contributed by atoms with Crippen LogP contribution in [0.25, 0.3) is 22.5 Å². The highest BCUT2D eigenvalue weighted by Gasteiger charge is 2.27. The summed E-state index contributed by atoms with van der Waals surface area (Å²) in [7, 11) is 1.63. The van der Waals surface area contributed by atoms with E-state index in [1.54, 1.807) is 7.11 Å². The van der Waals surface area contributed by atoms with Crippen molar-refractivity contribution in [2.45, 2.75) is 19.4 Å². The van der Waals surface area contributed by atoms with Gasteiger partial charge in [-0.3, -0.25) is 9.69 Å². The summed E-state index contributed by atoms with van der Waals surface area (Å²) in [6.07, 6.45) is 1.80. The summed E-state index contributed by atoms with van der Waals surface area (Å²) >= 11 is 0. The monoisotopic (exact) mass is 468 g/mol. The van der Waals surface area contributed by atoms with Crippen LogP contribution >= 0.6 is 0 Å². The van der Waals surface area contributed by atoms with Gasteiger partial charge in [-0.25, -0.2) is 0 Å². The minimum absolute atomic E-state index is 0.0440. The lowest BCUT2D eigenvalue weighted by Gasteiger charge is -2.31. The Balaban J connectivity index is 1.22. The molecule has 0 spiro atoms. The van der Waals surface area contributed by atoms with Gasteiger partial charge in [-0.05, 0) is 55.3 Å². The van der Waals surface area contributed by atoms with E-state index in [9.17, 15) is 4.79 Å². The van der Waals surface area contributed by atoms with Crippen molar-refractivity contribution in [3.8, 4) is 28.3 Å². The zero-order valence-corrected chi connectivity index (χ0v) is 19.7. The number of piperidine rings is 1. The van der Waals surface area contributed by atoms with Gasteiger partial charge in [0.15, 0.2) is 0 Å². The SMILES string of the molecule is COc1ccc(-c2noc(CN3CCCC(C(=O)Nc4ccccc4-c4ccccc4)C3)n2)cc1. The van der Waals surface area contributed by atoms with Crippen LogP contribution in [0.2, 0.25) is 0 Å². The lowest BCUT2D eigenvalue weighted by Crippen LogP contribution is -2.40. The third kappa shape index (κ3) is 5.41. The molecule has 1 aliphatic rings. The topological polar surface area (TPSA) is 80.5 Å². The Bertz CT molecular complexity index is 1270. The number of likely N-dealkylation sites (tertiary alicyclic amines) is 1. The number of aromatic nitrogens is 2. The number of nitrogens with one attached hydrogen (secondary N) is 1. The summed E-state index contributed by atoms with van der Waals surface area (Å²) in [4.78, 5) is 20.0. The predicted octanol–water partition coefficient (Wildman–Crippen LogP) is 5.26. The van der Waals surface area contributed by atoms with Gasteiger partial charge in [0.05, 0.1) is 19.6 Å². The number of methoxy groups -OCH3 is 1. The van der Waals surface area contributed by atoms with Crippen LogP contribution in [0.3, 0.4) is 0 Å². The fourth-order valence-electron chi connectivity index (χ4n) is 4.48. The predicted molar refractivity (Wildman–Crippen MR) is 135 cm³/mol. The van der Waals surface area contributed by atoms with Gasteiger partial charge in [-0.15, -0.1) is 0 Å². The van der Waals surface area contributed by atoms with Gasteiger partial charge >= 0.3 is 0 Å². The summed E-state index contributed by atoms with van der Waals surface area (Å²) in [5.41, 5.74) is 3.81. The summed E-state index contributed by atoms with van der Waals surface area (Å²) in [5, 5.41) is 7.29. The molecule has 7 nitrogen and oxygen atoms in total. The maximum Gasteiger partial charge on any atom is 0.241 e. The smallest absolute Gasteiger partial charge is 0.241 e. The molecule has 5 rings (SSSR count). The van der Waals surface area contributed by atoms with Crippen molar-refractivity contribution in [1.82, 2.24) is 15.0 Å². The fourth-order valence-corrected chi connectivity index (χ4v) is 4.48. The molecule has 1 aromatic heterocycles. The molecule has 1 aliphatic heterocycles. The number of ether oxygens (including phenoxy) is 1. The summed E-state index contributed by atoms with van der Waals surface area (Å²) in [6.45, 7) is 2.07. The van der Waals surface area contributed by atoms with Crippen LogP contribution in [0.1, 0.15) is 18.7 Å². The molecule has 4 aromatic rings. The Kier molecular flexibility index (Phi) is 6.86. The molecule has 1 unspecified atom stereocenters. The molecule has 0 radical (unpaired) electrons. The van der Waals surface area contributed by atoms with Crippen LogP contribution < -0.4 is 10.1 Å². The molecule has 1 saturated heterocycles. The van der Waals surface area contributed by atoms with Crippen molar-refractivity contribution >= 4 is 11.6 Å². The first-order valence-electron chi connectivity index (χ1n) is 11.8. The molecule has 0 aliphatic carbocycles. The van der Waals surface area contributed by atoms with Crippen LogP contribution in [0.4, 0.5) is 5.69 Å². The standard InChI is InChI=1S/C28H28N4O3/c1-34-23-15-13-21(14-16-23)27-30-26(35-31-27)19-32-17-7-10-22(18-32)28(33)29-25-12-6-5-11-24(25)20-8-3-2-4-9-20/h2-6,8-9,11-16,22H,7,10,17-19H2,1H3,(H,29,33). The highest BCUT2D eigenvalue weighted by Crippen LogP contribution is 2.29. The Morgan fingerprint density at radius 1 is 1.03 bits per heavy atom. The first-order chi connectivity index (χ1) is 17.2. The molecule has 3 aromatic carbocycles. The van der Waals surface area contributed by atoms with Crippen molar-refractivity contribution in [2.75, 3.05) is 25.5 Å². The van der Waals surface area contributed by atoms with Crippen LogP contribution in [-0.2, 0) is 11.3 Å². The van der Waals surface area contributed by atoms with Gasteiger partial charge in [0.25, 0.3) is 0 Å². The van der Waals surface area contributed by atoms with Gasteiger partial charge in [0, 0.05) is 23.4 Å². The molecule has 1 atom stereocenters. The van der Waals surface area contributed by atoms with Crippen LogP contribution in [0.5, 0.6) is 5.75 Å². The molecule has 1 amide bonds. The quantitative estimate of drug-likeness (QED) is 0.398. The van der Waals surface area contributed by atoms with E-state index in [2.05, 4.69) is 32.5 Å². The first-order valence-corrected chi connectivity index (χ1v) is 11.8. The van der Waals surface area contributed by atoms with E-state index < -0.39 is 0 Å². The first kappa shape index (κ1) is 22.8. The number of carbonyl (C=O) groups is 1. The summed E-state index contributed by atoms with van der Waals surface area (Å²) < 4.78 is 10.7. The average molecular weight is 469 g/mol. The maximum atomic E-state index is 13.2. The van der Waals surface area contributed by atoms with Crippen LogP contribution in [0.15, 0.2) is 83.4 Å². The second-order valence-corrected chi connectivity index (χ2v) is 8.72. The zero-order valence-electron chi connectivity index (χ0n) is 19.7. The molecule has 0 saturated carbocycles. The Morgan fingerprint density at radius 3 is 2.60 bits per heavy atom. The number of rotatable bonds is 7. The minimum atomic E-state index is -0.100. The number of nitrogens with zero attached hydrogens (tertiary/aromatic N) is 3. The summed E-state index contributed by atoms with van der Waals surface area (Å²) in [5.74, 6) is 1.82. The van der Waals surface area contributed by atoms with Gasteiger partial charge in [-0.1, -0.05) is 53.7 Å². The maximum absolute atomic E-state index is 13.2. The van der Waals surface area contributed by atoms with Gasteiger partial charge in [0.2, 0.25) is 17.6 Å². The molecule has 2 heterocycles. The molecule has 0 bridgehead atoms. The minimum Gasteiger partial charge on any atom is -0.497 e. The van der Waals surface area contributed by atoms with Crippen molar-refractivity contribution in [3.63, 3.8) is 0 Å². The highest BCUT2D eigenvalue weighted by atomic mass is 16.5. The number of para-hydroxylation sites is 1. The number of anilines is 1. The zero-order chi connectivity index (χ0) is 24.0. The van der Waals surface area contributed by atoms with E-state index in [0.717, 1.165) is 47.5 Å². The van der Waals surface area contributed by atoms with Gasteiger partial charge in [0.1, 0.15) is 5.75 Å². The average Bonchev–Trinajstić information content (AvgIpc) is 3.38. The Morgan fingerprint density at radius 2 is 1.80 bits per heavy atom. The number of benzene rings is 3. The van der Waals surface area contributed by atoms with Crippen molar-refractivity contribution in [1.29, 1.82) is 0 Å². The number of hydrogen-bond donors (Lipinski definition) is 1. The third-order valence-corrected chi connectivity index (χ3v) is 6.32. The molecule has 35 heavy (non-hydrogen) atoms. The molecule has 1 N–H and O–H groups in total. The van der Waals surface area contributed by atoms with Gasteiger partial charge in [-0.2, -0.15) is 4.98 Å². The van der Waals surface area contributed by atoms with E-state index in [1.807, 2.05) is 66.7 Å².